The van der Waals surface area contributed by atoms with Gasteiger partial charge in [-0.15, -0.1) is 22.7 Å². The van der Waals surface area contributed by atoms with Crippen molar-refractivity contribution in [1.29, 1.82) is 0 Å². The number of aryl methyl sites for hydroxylation is 1. The third kappa shape index (κ3) is 3.27. The molecule has 0 unspecified atom stereocenters. The third-order valence-corrected chi connectivity index (χ3v) is 4.45. The maximum atomic E-state index is 4.59. The molecule has 0 saturated heterocycles. The maximum Gasteiger partial charge on any atom is 0.142 e. The van der Waals surface area contributed by atoms with Crippen molar-refractivity contribution in [3.05, 3.63) is 51.6 Å². The van der Waals surface area contributed by atoms with E-state index in [1.54, 1.807) is 28.9 Å². The van der Waals surface area contributed by atoms with Crippen molar-refractivity contribution in [2.24, 2.45) is 0 Å². The lowest BCUT2D eigenvalue weighted by atomic mass is 10.3. The van der Waals surface area contributed by atoms with Gasteiger partial charge in [-0.05, 0) is 19.1 Å². The summed E-state index contributed by atoms with van der Waals surface area (Å²) in [5.74, 6) is 0. The van der Waals surface area contributed by atoms with Crippen LogP contribution in [0.2, 0.25) is 0 Å². The molecule has 0 aliphatic carbocycles. The SMILES string of the molecule is Cc1nc(CNCc2csc(-c3ccccn3)n2)cs1. The lowest BCUT2D eigenvalue weighted by Crippen LogP contribution is -2.13. The molecule has 3 heterocycles. The van der Waals surface area contributed by atoms with Gasteiger partial charge in [0.15, 0.2) is 0 Å². The van der Waals surface area contributed by atoms with Crippen molar-refractivity contribution >= 4 is 22.7 Å². The Hall–Kier alpha value is -1.63. The minimum Gasteiger partial charge on any atom is -0.305 e. The maximum absolute atomic E-state index is 4.59. The van der Waals surface area contributed by atoms with Gasteiger partial charge in [0.1, 0.15) is 5.01 Å². The van der Waals surface area contributed by atoms with Gasteiger partial charge in [-0.3, -0.25) is 4.98 Å². The quantitative estimate of drug-likeness (QED) is 0.786. The van der Waals surface area contributed by atoms with Gasteiger partial charge in [0.2, 0.25) is 0 Å². The largest absolute Gasteiger partial charge is 0.305 e. The van der Waals surface area contributed by atoms with Gasteiger partial charge in [0.05, 0.1) is 22.1 Å². The summed E-state index contributed by atoms with van der Waals surface area (Å²) >= 11 is 3.30. The van der Waals surface area contributed by atoms with Crippen LogP contribution >= 0.6 is 22.7 Å². The van der Waals surface area contributed by atoms with Gasteiger partial charge in [-0.2, -0.15) is 0 Å². The van der Waals surface area contributed by atoms with Crippen LogP contribution in [-0.2, 0) is 13.1 Å². The van der Waals surface area contributed by atoms with E-state index < -0.39 is 0 Å². The van der Waals surface area contributed by atoms with Crippen LogP contribution in [0, 0.1) is 6.92 Å². The molecule has 0 amide bonds. The van der Waals surface area contributed by atoms with E-state index >= 15 is 0 Å². The number of hydrogen-bond acceptors (Lipinski definition) is 6. The second-order valence-electron chi connectivity index (χ2n) is 4.32. The summed E-state index contributed by atoms with van der Waals surface area (Å²) in [6, 6.07) is 5.87. The summed E-state index contributed by atoms with van der Waals surface area (Å²) in [7, 11) is 0. The highest BCUT2D eigenvalue weighted by atomic mass is 32.1. The Morgan fingerprint density at radius 2 is 1.85 bits per heavy atom. The van der Waals surface area contributed by atoms with Crippen LogP contribution in [-0.4, -0.2) is 15.0 Å². The fourth-order valence-corrected chi connectivity index (χ4v) is 3.21. The fraction of sp³-hybridized carbons (Fsp3) is 0.214. The summed E-state index contributed by atoms with van der Waals surface area (Å²) < 4.78 is 0. The molecule has 1 N–H and O–H groups in total. The molecule has 0 bridgehead atoms. The smallest absolute Gasteiger partial charge is 0.142 e. The van der Waals surface area contributed by atoms with Gasteiger partial charge >= 0.3 is 0 Å². The number of hydrogen-bond donors (Lipinski definition) is 1. The molecule has 102 valence electrons. The predicted molar refractivity (Wildman–Crippen MR) is 82.7 cm³/mol. The van der Waals surface area contributed by atoms with Crippen LogP contribution in [0.15, 0.2) is 35.2 Å². The summed E-state index contributed by atoms with van der Waals surface area (Å²) in [6.07, 6.45) is 1.79. The summed E-state index contributed by atoms with van der Waals surface area (Å²) in [4.78, 5) is 13.3. The predicted octanol–water partition coefficient (Wildman–Crippen LogP) is 3.26. The fourth-order valence-electron chi connectivity index (χ4n) is 1.80. The van der Waals surface area contributed by atoms with Crippen LogP contribution < -0.4 is 5.32 Å². The first-order chi connectivity index (χ1) is 9.81. The number of pyridine rings is 1. The monoisotopic (exact) mass is 302 g/mol. The van der Waals surface area contributed by atoms with Crippen LogP contribution in [0.25, 0.3) is 10.7 Å². The van der Waals surface area contributed by atoms with E-state index in [-0.39, 0.29) is 0 Å². The van der Waals surface area contributed by atoms with E-state index in [1.807, 2.05) is 25.1 Å². The molecule has 3 rings (SSSR count). The van der Waals surface area contributed by atoms with Gasteiger partial charge in [-0.25, -0.2) is 9.97 Å². The number of nitrogens with zero attached hydrogens (tertiary/aromatic N) is 3. The Labute approximate surface area is 125 Å². The van der Waals surface area contributed by atoms with Crippen molar-refractivity contribution in [3.8, 4) is 10.7 Å². The molecular weight excluding hydrogens is 288 g/mol. The van der Waals surface area contributed by atoms with Gasteiger partial charge < -0.3 is 5.32 Å². The second kappa shape index (κ2) is 6.21. The Kier molecular flexibility index (Phi) is 4.15. The van der Waals surface area contributed by atoms with Gasteiger partial charge in [0, 0.05) is 30.0 Å². The average Bonchev–Trinajstić information content (AvgIpc) is 3.09. The van der Waals surface area contributed by atoms with Crippen molar-refractivity contribution in [2.45, 2.75) is 20.0 Å². The highest BCUT2D eigenvalue weighted by Crippen LogP contribution is 2.21. The van der Waals surface area contributed by atoms with Crippen molar-refractivity contribution < 1.29 is 0 Å². The minimum atomic E-state index is 0.750. The Morgan fingerprint density at radius 3 is 2.55 bits per heavy atom. The molecule has 6 heteroatoms. The Morgan fingerprint density at radius 1 is 1.05 bits per heavy atom. The van der Waals surface area contributed by atoms with E-state index in [4.69, 9.17) is 0 Å². The molecule has 0 spiro atoms. The number of aromatic nitrogens is 3. The average molecular weight is 302 g/mol. The second-order valence-corrected chi connectivity index (χ2v) is 6.24. The summed E-state index contributed by atoms with van der Waals surface area (Å²) in [5.41, 5.74) is 3.06. The Balaban J connectivity index is 1.58. The number of nitrogens with one attached hydrogen (secondary N) is 1. The topological polar surface area (TPSA) is 50.7 Å². The third-order valence-electron chi connectivity index (χ3n) is 2.71. The Bertz CT molecular complexity index is 675. The first kappa shape index (κ1) is 13.4. The van der Waals surface area contributed by atoms with Gasteiger partial charge in [0.25, 0.3) is 0 Å². The van der Waals surface area contributed by atoms with Crippen molar-refractivity contribution in [1.82, 2.24) is 20.3 Å². The van der Waals surface area contributed by atoms with E-state index in [0.717, 1.165) is 40.2 Å². The molecule has 0 aliphatic heterocycles. The van der Waals surface area contributed by atoms with Crippen LogP contribution in [0.1, 0.15) is 16.4 Å². The lowest BCUT2D eigenvalue weighted by molar-refractivity contribution is 0.672. The van der Waals surface area contributed by atoms with E-state index in [0.29, 0.717) is 0 Å². The number of rotatable bonds is 5. The highest BCUT2D eigenvalue weighted by Gasteiger charge is 2.05. The highest BCUT2D eigenvalue weighted by molar-refractivity contribution is 7.13. The van der Waals surface area contributed by atoms with Crippen LogP contribution in [0.4, 0.5) is 0 Å². The molecule has 0 aliphatic rings. The molecule has 0 aromatic carbocycles. The molecule has 0 fully saturated rings. The van der Waals surface area contributed by atoms with Gasteiger partial charge in [-0.1, -0.05) is 6.07 Å². The molecule has 3 aromatic rings. The lowest BCUT2D eigenvalue weighted by Gasteiger charge is -1.99. The molecular formula is C14H14N4S2. The van der Waals surface area contributed by atoms with Crippen LogP contribution in [0.5, 0.6) is 0 Å². The molecule has 20 heavy (non-hydrogen) atoms. The first-order valence-electron chi connectivity index (χ1n) is 6.29. The number of thiazole rings is 2. The van der Waals surface area contributed by atoms with E-state index in [1.165, 1.54) is 0 Å². The zero-order valence-corrected chi connectivity index (χ0v) is 12.7. The van der Waals surface area contributed by atoms with Crippen molar-refractivity contribution in [3.63, 3.8) is 0 Å². The molecule has 0 saturated carbocycles. The van der Waals surface area contributed by atoms with E-state index in [9.17, 15) is 0 Å². The standard InChI is InChI=1S/C14H14N4S2/c1-10-17-11(8-19-10)6-15-7-12-9-20-14(18-12)13-4-2-3-5-16-13/h2-5,8-9,15H,6-7H2,1H3. The zero-order chi connectivity index (χ0) is 13.8. The van der Waals surface area contributed by atoms with Crippen LogP contribution in [0.3, 0.4) is 0 Å². The first-order valence-corrected chi connectivity index (χ1v) is 8.05. The minimum absolute atomic E-state index is 0.750. The summed E-state index contributed by atoms with van der Waals surface area (Å²) in [6.45, 7) is 3.55. The van der Waals surface area contributed by atoms with Crippen molar-refractivity contribution in [2.75, 3.05) is 0 Å². The zero-order valence-electron chi connectivity index (χ0n) is 11.0. The molecule has 0 radical (unpaired) electrons. The normalized spacial score (nSPS) is 10.8. The van der Waals surface area contributed by atoms with E-state index in [2.05, 4.69) is 31.0 Å². The molecule has 4 nitrogen and oxygen atoms in total. The molecule has 0 atom stereocenters. The molecule has 3 aromatic heterocycles. The summed E-state index contributed by atoms with van der Waals surface area (Å²) in [5, 5.41) is 9.59.